The maximum absolute atomic E-state index is 13.5. The number of rotatable bonds is 2. The van der Waals surface area contributed by atoms with Crippen LogP contribution in [0.25, 0.3) is 0 Å². The highest BCUT2D eigenvalue weighted by molar-refractivity contribution is 6.08. The number of hydrazone groups is 1. The zero-order valence-electron chi connectivity index (χ0n) is 16.4. The van der Waals surface area contributed by atoms with Crippen molar-refractivity contribution in [2.24, 2.45) is 16.9 Å². The van der Waals surface area contributed by atoms with E-state index >= 15 is 0 Å². The zero-order chi connectivity index (χ0) is 20.5. The van der Waals surface area contributed by atoms with Crippen LogP contribution in [0.15, 0.2) is 53.6 Å². The molecule has 2 atom stereocenters. The number of ether oxygens (including phenoxy) is 1. The van der Waals surface area contributed by atoms with Crippen LogP contribution >= 0.6 is 0 Å². The van der Waals surface area contributed by atoms with Crippen molar-refractivity contribution in [3.63, 3.8) is 0 Å². The summed E-state index contributed by atoms with van der Waals surface area (Å²) in [6.45, 7) is 4.81. The Morgan fingerprint density at radius 2 is 1.48 bits per heavy atom. The molecule has 2 amide bonds. The van der Waals surface area contributed by atoms with Gasteiger partial charge in [-0.3, -0.25) is 14.4 Å². The Kier molecular flexibility index (Phi) is 3.60. The molecule has 146 valence electrons. The van der Waals surface area contributed by atoms with Crippen molar-refractivity contribution in [3.05, 3.63) is 70.8 Å². The van der Waals surface area contributed by atoms with E-state index in [1.165, 1.54) is 6.92 Å². The van der Waals surface area contributed by atoms with Crippen LogP contribution in [-0.2, 0) is 24.7 Å². The van der Waals surface area contributed by atoms with Gasteiger partial charge in [-0.05, 0) is 25.0 Å². The van der Waals surface area contributed by atoms with Crippen molar-refractivity contribution in [3.8, 4) is 0 Å². The largest absolute Gasteiger partial charge is 0.448 e. The molecular weight excluding hydrogens is 368 g/mol. The second-order valence-electron chi connectivity index (χ2n) is 8.02. The minimum atomic E-state index is -1.34. The monoisotopic (exact) mass is 388 g/mol. The highest BCUT2D eigenvalue weighted by Gasteiger charge is 2.70. The molecule has 3 aliphatic carbocycles. The van der Waals surface area contributed by atoms with E-state index in [0.29, 0.717) is 5.71 Å². The van der Waals surface area contributed by atoms with Crippen LogP contribution in [0.5, 0.6) is 0 Å². The minimum absolute atomic E-state index is 0.279. The molecule has 1 fully saturated rings. The van der Waals surface area contributed by atoms with Gasteiger partial charge in [0.2, 0.25) is 0 Å². The third kappa shape index (κ3) is 2.11. The molecule has 0 aromatic heterocycles. The molecule has 2 aromatic rings. The highest BCUT2D eigenvalue weighted by atomic mass is 16.6. The van der Waals surface area contributed by atoms with Gasteiger partial charge in [-0.25, -0.2) is 0 Å². The number of nitrogens with zero attached hydrogens (tertiary/aromatic N) is 2. The second kappa shape index (κ2) is 5.86. The van der Waals surface area contributed by atoms with Gasteiger partial charge in [0.25, 0.3) is 11.8 Å². The Morgan fingerprint density at radius 1 is 0.931 bits per heavy atom. The van der Waals surface area contributed by atoms with Crippen LogP contribution in [0.1, 0.15) is 48.9 Å². The average Bonchev–Trinajstić information content (AvgIpc) is 2.94. The van der Waals surface area contributed by atoms with Crippen molar-refractivity contribution in [1.82, 2.24) is 5.01 Å². The Bertz CT molecular complexity index is 1070. The number of carbonyl (C=O) groups is 3. The molecule has 29 heavy (non-hydrogen) atoms. The zero-order valence-corrected chi connectivity index (χ0v) is 16.4. The number of carbonyl (C=O) groups excluding carboxylic acids is 3. The number of amides is 2. The molecule has 1 aliphatic heterocycles. The Hall–Kier alpha value is -3.28. The standard InChI is InChI=1S/C23H20N2O4/c1-12(2)24-25-21(27)19-18-14-8-4-6-10-16(14)23(29-13(3)26,20(19)22(25)28)17-11-7-5-9-15(17)18/h4-11,18-20H,1-3H3/t18?,19-,20+,23?/m1/s1. The lowest BCUT2D eigenvalue weighted by Gasteiger charge is -2.52. The smallest absolute Gasteiger partial charge is 0.303 e. The summed E-state index contributed by atoms with van der Waals surface area (Å²) < 4.78 is 6.02. The summed E-state index contributed by atoms with van der Waals surface area (Å²) in [4.78, 5) is 39.2. The van der Waals surface area contributed by atoms with Crippen LogP contribution in [-0.4, -0.2) is 28.5 Å². The van der Waals surface area contributed by atoms with Gasteiger partial charge >= 0.3 is 5.97 Å². The number of imide groups is 1. The number of hydrogen-bond donors (Lipinski definition) is 0. The van der Waals surface area contributed by atoms with E-state index in [1.807, 2.05) is 48.5 Å². The van der Waals surface area contributed by atoms with Gasteiger partial charge < -0.3 is 4.74 Å². The third-order valence-electron chi connectivity index (χ3n) is 6.12. The fourth-order valence-electron chi connectivity index (χ4n) is 5.39. The van der Waals surface area contributed by atoms with E-state index in [-0.39, 0.29) is 11.8 Å². The molecule has 6 heteroatoms. The van der Waals surface area contributed by atoms with Crippen molar-refractivity contribution in [2.75, 3.05) is 0 Å². The van der Waals surface area contributed by atoms with Crippen molar-refractivity contribution in [2.45, 2.75) is 32.3 Å². The van der Waals surface area contributed by atoms with E-state index in [4.69, 9.17) is 4.74 Å². The first-order valence-corrected chi connectivity index (χ1v) is 9.66. The third-order valence-corrected chi connectivity index (χ3v) is 6.12. The quantitative estimate of drug-likeness (QED) is 0.450. The topological polar surface area (TPSA) is 76.0 Å². The molecule has 0 saturated carbocycles. The SMILES string of the molecule is CC(=O)OC12c3ccccc3C(c3ccccc31)[C@H]1C(=O)N(N=C(C)C)C(=O)[C@H]12. The summed E-state index contributed by atoms with van der Waals surface area (Å²) in [5.74, 6) is -3.03. The summed E-state index contributed by atoms with van der Waals surface area (Å²) in [6, 6.07) is 15.3. The second-order valence-corrected chi connectivity index (χ2v) is 8.02. The van der Waals surface area contributed by atoms with Crippen LogP contribution < -0.4 is 0 Å². The van der Waals surface area contributed by atoms with E-state index < -0.39 is 29.3 Å². The van der Waals surface area contributed by atoms with Gasteiger partial charge in [0.15, 0.2) is 5.60 Å². The van der Waals surface area contributed by atoms with E-state index in [2.05, 4.69) is 5.10 Å². The van der Waals surface area contributed by atoms with Crippen LogP contribution in [0.4, 0.5) is 0 Å². The Balaban J connectivity index is 1.87. The van der Waals surface area contributed by atoms with Gasteiger partial charge in [0.05, 0.1) is 5.92 Å². The summed E-state index contributed by atoms with van der Waals surface area (Å²) in [6.07, 6.45) is 0. The molecule has 1 heterocycles. The highest BCUT2D eigenvalue weighted by Crippen LogP contribution is 2.64. The molecule has 0 unspecified atom stereocenters. The van der Waals surface area contributed by atoms with Gasteiger partial charge in [0.1, 0.15) is 5.92 Å². The molecule has 6 nitrogen and oxygen atoms in total. The molecule has 6 rings (SSSR count). The van der Waals surface area contributed by atoms with Crippen molar-refractivity contribution >= 4 is 23.5 Å². The summed E-state index contributed by atoms with van der Waals surface area (Å²) in [5.41, 5.74) is 2.68. The first-order valence-electron chi connectivity index (χ1n) is 9.66. The lowest BCUT2D eigenvalue weighted by molar-refractivity contribution is -0.167. The predicted octanol–water partition coefficient (Wildman–Crippen LogP) is 2.95. The lowest BCUT2D eigenvalue weighted by Crippen LogP contribution is -2.55. The lowest BCUT2D eigenvalue weighted by atomic mass is 9.52. The fourth-order valence-corrected chi connectivity index (χ4v) is 5.39. The van der Waals surface area contributed by atoms with E-state index in [0.717, 1.165) is 27.3 Å². The van der Waals surface area contributed by atoms with E-state index in [1.54, 1.807) is 13.8 Å². The maximum atomic E-state index is 13.5. The molecule has 2 aromatic carbocycles. The van der Waals surface area contributed by atoms with Crippen molar-refractivity contribution < 1.29 is 19.1 Å². The minimum Gasteiger partial charge on any atom is -0.448 e. The maximum Gasteiger partial charge on any atom is 0.303 e. The molecule has 2 bridgehead atoms. The van der Waals surface area contributed by atoms with Crippen LogP contribution in [0, 0.1) is 11.8 Å². The average molecular weight is 388 g/mol. The summed E-state index contributed by atoms with van der Waals surface area (Å²) >= 11 is 0. The first kappa shape index (κ1) is 17.8. The van der Waals surface area contributed by atoms with Crippen LogP contribution in [0.2, 0.25) is 0 Å². The van der Waals surface area contributed by atoms with Crippen LogP contribution in [0.3, 0.4) is 0 Å². The number of hydrogen-bond acceptors (Lipinski definition) is 5. The molecule has 0 radical (unpaired) electrons. The number of benzene rings is 2. The molecule has 0 spiro atoms. The predicted molar refractivity (Wildman–Crippen MR) is 105 cm³/mol. The van der Waals surface area contributed by atoms with Crippen molar-refractivity contribution in [1.29, 1.82) is 0 Å². The molecule has 0 N–H and O–H groups in total. The molecule has 4 aliphatic rings. The number of esters is 1. The fraction of sp³-hybridized carbons (Fsp3) is 0.304. The van der Waals surface area contributed by atoms with Gasteiger partial charge in [0, 0.05) is 29.7 Å². The Labute approximate surface area is 168 Å². The molecule has 1 saturated heterocycles. The van der Waals surface area contributed by atoms with Gasteiger partial charge in [-0.2, -0.15) is 10.1 Å². The van der Waals surface area contributed by atoms with E-state index in [9.17, 15) is 14.4 Å². The summed E-state index contributed by atoms with van der Waals surface area (Å²) in [5, 5.41) is 5.19. The first-order chi connectivity index (χ1) is 13.9. The van der Waals surface area contributed by atoms with Gasteiger partial charge in [-0.1, -0.05) is 48.5 Å². The Morgan fingerprint density at radius 3 is 2.00 bits per heavy atom. The van der Waals surface area contributed by atoms with Gasteiger partial charge in [-0.15, -0.1) is 0 Å². The summed E-state index contributed by atoms with van der Waals surface area (Å²) in [7, 11) is 0. The normalized spacial score (nSPS) is 28.5. The molecular formula is C23H20N2O4.